The molecule has 0 heterocycles. The molecule has 0 saturated heterocycles. The third-order valence-corrected chi connectivity index (χ3v) is 1.83. The zero-order chi connectivity index (χ0) is 6.69. The van der Waals surface area contributed by atoms with E-state index in [9.17, 15) is 0 Å². The SMILES string of the molecule is CO[C@H]1C=CC[C@@H](C)C1. The fraction of sp³-hybridized carbons (Fsp3) is 0.750. The van der Waals surface area contributed by atoms with Crippen LogP contribution >= 0.6 is 0 Å². The lowest BCUT2D eigenvalue weighted by Gasteiger charge is -2.19. The highest BCUT2D eigenvalue weighted by atomic mass is 16.5. The van der Waals surface area contributed by atoms with Crippen molar-refractivity contribution >= 4 is 0 Å². The molecule has 0 saturated carbocycles. The molecule has 0 bridgehead atoms. The molecular weight excluding hydrogens is 112 g/mol. The number of hydrogen-bond donors (Lipinski definition) is 0. The molecule has 0 aromatic carbocycles. The van der Waals surface area contributed by atoms with Crippen LogP contribution in [-0.2, 0) is 4.74 Å². The van der Waals surface area contributed by atoms with E-state index in [-0.39, 0.29) is 0 Å². The Kier molecular flexibility index (Phi) is 2.29. The zero-order valence-corrected chi connectivity index (χ0v) is 6.13. The summed E-state index contributed by atoms with van der Waals surface area (Å²) in [6.07, 6.45) is 7.16. The number of methoxy groups -OCH3 is 1. The van der Waals surface area contributed by atoms with Crippen molar-refractivity contribution in [2.24, 2.45) is 5.92 Å². The van der Waals surface area contributed by atoms with Crippen LogP contribution in [0.5, 0.6) is 0 Å². The van der Waals surface area contributed by atoms with Gasteiger partial charge in [0.15, 0.2) is 0 Å². The van der Waals surface area contributed by atoms with Crippen LogP contribution in [0.15, 0.2) is 12.2 Å². The second-order valence-corrected chi connectivity index (χ2v) is 2.78. The van der Waals surface area contributed by atoms with Crippen LogP contribution in [0.4, 0.5) is 0 Å². The summed E-state index contributed by atoms with van der Waals surface area (Å²) in [4.78, 5) is 0. The fourth-order valence-electron chi connectivity index (χ4n) is 1.21. The third-order valence-electron chi connectivity index (χ3n) is 1.83. The number of hydrogen-bond acceptors (Lipinski definition) is 1. The van der Waals surface area contributed by atoms with Crippen molar-refractivity contribution in [3.63, 3.8) is 0 Å². The van der Waals surface area contributed by atoms with E-state index >= 15 is 0 Å². The van der Waals surface area contributed by atoms with Crippen molar-refractivity contribution in [2.45, 2.75) is 25.9 Å². The smallest absolute Gasteiger partial charge is 0.0754 e. The van der Waals surface area contributed by atoms with Gasteiger partial charge in [0, 0.05) is 7.11 Å². The molecule has 1 heteroatoms. The van der Waals surface area contributed by atoms with E-state index in [4.69, 9.17) is 4.74 Å². The predicted molar refractivity (Wildman–Crippen MR) is 38.3 cm³/mol. The van der Waals surface area contributed by atoms with Gasteiger partial charge in [-0.2, -0.15) is 0 Å². The van der Waals surface area contributed by atoms with E-state index in [0.717, 1.165) is 5.92 Å². The maximum absolute atomic E-state index is 5.17. The monoisotopic (exact) mass is 126 g/mol. The third kappa shape index (κ3) is 1.83. The van der Waals surface area contributed by atoms with E-state index < -0.39 is 0 Å². The molecule has 9 heavy (non-hydrogen) atoms. The molecule has 2 atom stereocenters. The lowest BCUT2D eigenvalue weighted by molar-refractivity contribution is 0.114. The van der Waals surface area contributed by atoms with Crippen molar-refractivity contribution in [3.8, 4) is 0 Å². The number of allylic oxidation sites excluding steroid dienone is 1. The molecule has 0 amide bonds. The average Bonchev–Trinajstić information content (AvgIpc) is 1.88. The van der Waals surface area contributed by atoms with Crippen molar-refractivity contribution in [1.29, 1.82) is 0 Å². The minimum absolute atomic E-state index is 0.383. The van der Waals surface area contributed by atoms with Gasteiger partial charge in [0.05, 0.1) is 6.10 Å². The highest BCUT2D eigenvalue weighted by Gasteiger charge is 2.12. The van der Waals surface area contributed by atoms with E-state index in [1.807, 2.05) is 0 Å². The summed E-state index contributed by atoms with van der Waals surface area (Å²) in [6.45, 7) is 2.26. The Bertz CT molecular complexity index is 107. The van der Waals surface area contributed by atoms with Crippen LogP contribution in [0.1, 0.15) is 19.8 Å². The maximum Gasteiger partial charge on any atom is 0.0754 e. The van der Waals surface area contributed by atoms with Gasteiger partial charge in [-0.05, 0) is 18.8 Å². The van der Waals surface area contributed by atoms with Gasteiger partial charge in [0.1, 0.15) is 0 Å². The molecule has 0 unspecified atom stereocenters. The van der Waals surface area contributed by atoms with Crippen molar-refractivity contribution in [2.75, 3.05) is 7.11 Å². The van der Waals surface area contributed by atoms with Crippen molar-refractivity contribution < 1.29 is 4.74 Å². The largest absolute Gasteiger partial charge is 0.377 e. The van der Waals surface area contributed by atoms with E-state index in [2.05, 4.69) is 19.1 Å². The first-order chi connectivity index (χ1) is 4.33. The quantitative estimate of drug-likeness (QED) is 0.488. The van der Waals surface area contributed by atoms with E-state index in [1.165, 1.54) is 12.8 Å². The molecule has 52 valence electrons. The van der Waals surface area contributed by atoms with Gasteiger partial charge in [-0.1, -0.05) is 19.1 Å². The molecule has 1 nitrogen and oxygen atoms in total. The minimum Gasteiger partial charge on any atom is -0.377 e. The van der Waals surface area contributed by atoms with Crippen molar-refractivity contribution in [1.82, 2.24) is 0 Å². The number of ether oxygens (including phenoxy) is 1. The molecule has 1 rings (SSSR count). The first-order valence-corrected chi connectivity index (χ1v) is 3.52. The molecule has 1 aliphatic carbocycles. The Morgan fingerprint density at radius 3 is 2.78 bits per heavy atom. The van der Waals surface area contributed by atoms with Gasteiger partial charge in [0.2, 0.25) is 0 Å². The highest BCUT2D eigenvalue weighted by Crippen LogP contribution is 2.18. The Labute approximate surface area is 56.7 Å². The summed E-state index contributed by atoms with van der Waals surface area (Å²) in [7, 11) is 1.77. The topological polar surface area (TPSA) is 9.23 Å². The van der Waals surface area contributed by atoms with Crippen LogP contribution < -0.4 is 0 Å². The summed E-state index contributed by atoms with van der Waals surface area (Å²) < 4.78 is 5.17. The summed E-state index contributed by atoms with van der Waals surface area (Å²) in [6, 6.07) is 0. The molecule has 0 N–H and O–H groups in total. The molecular formula is C8H14O. The van der Waals surface area contributed by atoms with E-state index in [1.54, 1.807) is 7.11 Å². The standard InChI is InChI=1S/C8H14O/c1-7-4-3-5-8(6-7)9-2/h3,5,7-8H,4,6H2,1-2H3/t7-,8+/m1/s1. The Morgan fingerprint density at radius 1 is 1.56 bits per heavy atom. The van der Waals surface area contributed by atoms with Gasteiger partial charge < -0.3 is 4.74 Å². The second kappa shape index (κ2) is 3.02. The van der Waals surface area contributed by atoms with Crippen LogP contribution in [0.25, 0.3) is 0 Å². The van der Waals surface area contributed by atoms with Crippen LogP contribution in [0, 0.1) is 5.92 Å². The minimum atomic E-state index is 0.383. The van der Waals surface area contributed by atoms with Crippen LogP contribution in [-0.4, -0.2) is 13.2 Å². The van der Waals surface area contributed by atoms with Gasteiger partial charge in [-0.25, -0.2) is 0 Å². The molecule has 0 fully saturated rings. The molecule has 1 aliphatic rings. The second-order valence-electron chi connectivity index (χ2n) is 2.78. The van der Waals surface area contributed by atoms with Gasteiger partial charge >= 0.3 is 0 Å². The molecule has 0 aromatic heterocycles. The Morgan fingerprint density at radius 2 is 2.33 bits per heavy atom. The lowest BCUT2D eigenvalue weighted by atomic mass is 9.94. The zero-order valence-electron chi connectivity index (χ0n) is 6.13. The summed E-state index contributed by atoms with van der Waals surface area (Å²) in [5.41, 5.74) is 0. The van der Waals surface area contributed by atoms with Gasteiger partial charge in [-0.15, -0.1) is 0 Å². The normalized spacial score (nSPS) is 34.9. The summed E-state index contributed by atoms with van der Waals surface area (Å²) in [5, 5.41) is 0. The Balaban J connectivity index is 2.39. The maximum atomic E-state index is 5.17. The molecule has 0 spiro atoms. The average molecular weight is 126 g/mol. The molecule has 0 aliphatic heterocycles. The fourth-order valence-corrected chi connectivity index (χ4v) is 1.21. The van der Waals surface area contributed by atoms with E-state index in [0.29, 0.717) is 6.10 Å². The highest BCUT2D eigenvalue weighted by molar-refractivity contribution is 4.96. The molecule has 0 radical (unpaired) electrons. The van der Waals surface area contributed by atoms with Gasteiger partial charge in [0.25, 0.3) is 0 Å². The van der Waals surface area contributed by atoms with Crippen LogP contribution in [0.2, 0.25) is 0 Å². The first-order valence-electron chi connectivity index (χ1n) is 3.52. The molecule has 0 aromatic rings. The first kappa shape index (κ1) is 6.81. The Hall–Kier alpha value is -0.300. The summed E-state index contributed by atoms with van der Waals surface area (Å²) >= 11 is 0. The van der Waals surface area contributed by atoms with Crippen LogP contribution in [0.3, 0.4) is 0 Å². The van der Waals surface area contributed by atoms with Crippen molar-refractivity contribution in [3.05, 3.63) is 12.2 Å². The summed E-state index contributed by atoms with van der Waals surface area (Å²) in [5.74, 6) is 0.806. The predicted octanol–water partition coefficient (Wildman–Crippen LogP) is 1.99. The van der Waals surface area contributed by atoms with Gasteiger partial charge in [-0.3, -0.25) is 0 Å². The lowest BCUT2D eigenvalue weighted by Crippen LogP contribution is -2.14. The number of rotatable bonds is 1.